The molecular formula is C20H22Cl2NO2+. The number of ketones is 1. The molecule has 0 saturated carbocycles. The lowest BCUT2D eigenvalue weighted by Crippen LogP contribution is -2.38. The van der Waals surface area contributed by atoms with Crippen molar-refractivity contribution in [2.45, 2.75) is 0 Å². The second kappa shape index (κ2) is 8.52. The molecule has 0 aliphatic rings. The number of halogens is 2. The lowest BCUT2D eigenvalue weighted by molar-refractivity contribution is -0.870. The first-order valence-corrected chi connectivity index (χ1v) is 8.71. The van der Waals surface area contributed by atoms with Crippen LogP contribution in [-0.4, -0.2) is 44.6 Å². The summed E-state index contributed by atoms with van der Waals surface area (Å²) < 4.78 is 6.54. The van der Waals surface area contributed by atoms with Crippen LogP contribution in [0.5, 0.6) is 5.75 Å². The van der Waals surface area contributed by atoms with E-state index in [4.69, 9.17) is 27.9 Å². The number of ether oxygens (including phenoxy) is 1. The third-order valence-electron chi connectivity index (χ3n) is 3.55. The molecule has 0 N–H and O–H groups in total. The van der Waals surface area contributed by atoms with Gasteiger partial charge in [0.15, 0.2) is 5.78 Å². The van der Waals surface area contributed by atoms with E-state index in [-0.39, 0.29) is 5.78 Å². The van der Waals surface area contributed by atoms with Gasteiger partial charge in [-0.3, -0.25) is 4.79 Å². The van der Waals surface area contributed by atoms with E-state index < -0.39 is 0 Å². The summed E-state index contributed by atoms with van der Waals surface area (Å²) in [6.45, 7) is 1.54. The lowest BCUT2D eigenvalue weighted by atomic mass is 10.1. The predicted octanol–water partition coefficient (Wildman–Crippen LogP) is 4.97. The second-order valence-electron chi connectivity index (χ2n) is 6.75. The number of nitrogens with zero attached hydrogens (tertiary/aromatic N) is 1. The zero-order chi connectivity index (χ0) is 18.4. The Morgan fingerprint density at radius 2 is 1.76 bits per heavy atom. The van der Waals surface area contributed by atoms with Gasteiger partial charge in [0.2, 0.25) is 0 Å². The Balaban J connectivity index is 1.97. The summed E-state index contributed by atoms with van der Waals surface area (Å²) >= 11 is 12.0. The molecule has 0 heterocycles. The number of hydrogen-bond acceptors (Lipinski definition) is 2. The van der Waals surface area contributed by atoms with Crippen molar-refractivity contribution in [3.63, 3.8) is 0 Å². The van der Waals surface area contributed by atoms with Crippen LogP contribution in [0.25, 0.3) is 6.08 Å². The Morgan fingerprint density at radius 1 is 1.08 bits per heavy atom. The third kappa shape index (κ3) is 6.54. The molecule has 0 spiro atoms. The molecule has 0 aliphatic heterocycles. The first-order chi connectivity index (χ1) is 11.7. The van der Waals surface area contributed by atoms with E-state index in [1.165, 1.54) is 6.08 Å². The number of carbonyl (C=O) groups excluding carboxylic acids is 1. The van der Waals surface area contributed by atoms with E-state index in [2.05, 4.69) is 21.1 Å². The van der Waals surface area contributed by atoms with Crippen LogP contribution in [-0.2, 0) is 0 Å². The maximum atomic E-state index is 12.3. The van der Waals surface area contributed by atoms with E-state index in [1.54, 1.807) is 36.4 Å². The number of carbonyl (C=O) groups is 1. The molecule has 2 aromatic rings. The Morgan fingerprint density at radius 3 is 2.36 bits per heavy atom. The van der Waals surface area contributed by atoms with E-state index in [0.717, 1.165) is 22.3 Å². The van der Waals surface area contributed by atoms with Crippen LogP contribution in [0.1, 0.15) is 15.9 Å². The molecule has 0 fully saturated rings. The summed E-state index contributed by atoms with van der Waals surface area (Å²) in [4.78, 5) is 12.3. The Labute approximate surface area is 159 Å². The third-order valence-corrected chi connectivity index (χ3v) is 4.11. The molecule has 5 heteroatoms. The molecule has 0 bridgehead atoms. The number of allylic oxidation sites excluding steroid dienone is 1. The molecule has 0 radical (unpaired) electrons. The number of quaternary nitrogens is 1. The van der Waals surface area contributed by atoms with Crippen molar-refractivity contribution in [3.8, 4) is 5.75 Å². The molecule has 0 unspecified atom stereocenters. The summed E-state index contributed by atoms with van der Waals surface area (Å²) in [5.41, 5.74) is 1.35. The van der Waals surface area contributed by atoms with E-state index in [1.807, 2.05) is 12.1 Å². The Hall–Kier alpha value is -1.81. The highest BCUT2D eigenvalue weighted by atomic mass is 35.5. The molecule has 3 nitrogen and oxygen atoms in total. The van der Waals surface area contributed by atoms with Crippen LogP contribution in [0, 0.1) is 0 Å². The van der Waals surface area contributed by atoms with Crippen LogP contribution in [0.2, 0.25) is 10.0 Å². The lowest BCUT2D eigenvalue weighted by Gasteiger charge is -2.23. The van der Waals surface area contributed by atoms with Gasteiger partial charge in [-0.05, 0) is 54.1 Å². The molecule has 0 saturated heterocycles. The minimum absolute atomic E-state index is 0.0936. The van der Waals surface area contributed by atoms with Crippen molar-refractivity contribution < 1.29 is 14.0 Å². The van der Waals surface area contributed by atoms with Crippen LogP contribution < -0.4 is 4.74 Å². The van der Waals surface area contributed by atoms with Crippen LogP contribution >= 0.6 is 23.2 Å². The van der Waals surface area contributed by atoms with Crippen molar-refractivity contribution >= 4 is 35.1 Å². The van der Waals surface area contributed by atoms with Crippen molar-refractivity contribution in [2.75, 3.05) is 34.3 Å². The number of benzene rings is 2. The molecule has 132 valence electrons. The van der Waals surface area contributed by atoms with Crippen molar-refractivity contribution in [3.05, 3.63) is 69.7 Å². The zero-order valence-electron chi connectivity index (χ0n) is 14.6. The average molecular weight is 379 g/mol. The quantitative estimate of drug-likeness (QED) is 0.386. The summed E-state index contributed by atoms with van der Waals surface area (Å²) in [5.74, 6) is 0.665. The molecule has 2 rings (SSSR count). The smallest absolute Gasteiger partial charge is 0.185 e. The molecule has 0 aromatic heterocycles. The van der Waals surface area contributed by atoms with E-state index >= 15 is 0 Å². The fraction of sp³-hybridized carbons (Fsp3) is 0.250. The van der Waals surface area contributed by atoms with Gasteiger partial charge in [0, 0.05) is 15.6 Å². The van der Waals surface area contributed by atoms with Crippen LogP contribution in [0.4, 0.5) is 0 Å². The highest BCUT2D eigenvalue weighted by Crippen LogP contribution is 2.22. The van der Waals surface area contributed by atoms with Crippen molar-refractivity contribution in [1.82, 2.24) is 0 Å². The SMILES string of the molecule is C[N+](C)(C)CCOc1ccc(C(=O)/C=C/c2ccc(Cl)cc2Cl)cc1. The molecule has 0 aliphatic carbocycles. The Bertz CT molecular complexity index is 762. The fourth-order valence-electron chi connectivity index (χ4n) is 2.05. The number of rotatable bonds is 7. The predicted molar refractivity (Wildman–Crippen MR) is 105 cm³/mol. The maximum Gasteiger partial charge on any atom is 0.185 e. The van der Waals surface area contributed by atoms with Gasteiger partial charge in [0.05, 0.1) is 21.1 Å². The van der Waals surface area contributed by atoms with Gasteiger partial charge >= 0.3 is 0 Å². The zero-order valence-corrected chi connectivity index (χ0v) is 16.1. The Kier molecular flexibility index (Phi) is 6.65. The monoisotopic (exact) mass is 378 g/mol. The molecule has 0 amide bonds. The van der Waals surface area contributed by atoms with Gasteiger partial charge in [-0.15, -0.1) is 0 Å². The summed E-state index contributed by atoms with van der Waals surface area (Å²) in [7, 11) is 6.35. The second-order valence-corrected chi connectivity index (χ2v) is 7.59. The summed E-state index contributed by atoms with van der Waals surface area (Å²) in [6.07, 6.45) is 3.19. The standard InChI is InChI=1S/C20H22Cl2NO2/c1-23(2,3)12-13-25-18-9-5-16(6-10-18)20(24)11-7-15-4-8-17(21)14-19(15)22/h4-11,14H,12-13H2,1-3H3/q+1/b11-7+. The molecular weight excluding hydrogens is 357 g/mol. The minimum Gasteiger partial charge on any atom is -0.488 e. The largest absolute Gasteiger partial charge is 0.488 e. The molecule has 25 heavy (non-hydrogen) atoms. The first kappa shape index (κ1) is 19.5. The topological polar surface area (TPSA) is 26.3 Å². The summed E-state index contributed by atoms with van der Waals surface area (Å²) in [6, 6.07) is 12.3. The fourth-order valence-corrected chi connectivity index (χ4v) is 2.52. The van der Waals surface area contributed by atoms with E-state index in [0.29, 0.717) is 22.2 Å². The molecule has 0 atom stereocenters. The first-order valence-electron chi connectivity index (χ1n) is 7.95. The van der Waals surface area contributed by atoms with Gasteiger partial charge < -0.3 is 9.22 Å². The van der Waals surface area contributed by atoms with Crippen LogP contribution in [0.15, 0.2) is 48.5 Å². The molecule has 2 aromatic carbocycles. The average Bonchev–Trinajstić information content (AvgIpc) is 2.53. The van der Waals surface area contributed by atoms with E-state index in [9.17, 15) is 4.79 Å². The van der Waals surface area contributed by atoms with Crippen molar-refractivity contribution in [2.24, 2.45) is 0 Å². The van der Waals surface area contributed by atoms with Gasteiger partial charge in [-0.2, -0.15) is 0 Å². The van der Waals surface area contributed by atoms with Gasteiger partial charge in [0.25, 0.3) is 0 Å². The van der Waals surface area contributed by atoms with Crippen molar-refractivity contribution in [1.29, 1.82) is 0 Å². The highest BCUT2D eigenvalue weighted by molar-refractivity contribution is 6.35. The highest BCUT2D eigenvalue weighted by Gasteiger charge is 2.07. The van der Waals surface area contributed by atoms with Gasteiger partial charge in [-0.1, -0.05) is 29.3 Å². The summed E-state index contributed by atoms with van der Waals surface area (Å²) in [5, 5.41) is 1.08. The van der Waals surface area contributed by atoms with Gasteiger partial charge in [-0.25, -0.2) is 0 Å². The van der Waals surface area contributed by atoms with Crippen LogP contribution in [0.3, 0.4) is 0 Å². The van der Waals surface area contributed by atoms with Gasteiger partial charge in [0.1, 0.15) is 18.9 Å². The minimum atomic E-state index is -0.0936. The normalized spacial score (nSPS) is 11.7. The maximum absolute atomic E-state index is 12.3. The number of likely N-dealkylation sites (N-methyl/N-ethyl adjacent to an activating group) is 1. The number of hydrogen-bond donors (Lipinski definition) is 0.